The Labute approximate surface area is 215 Å². The molecular weight excluding hydrogens is 478 g/mol. The SMILES string of the molecule is COc1ccc(F)c(-c2ccc(COc3cccc([C@H](O)CC(=O)O)c3F)cc2C2=CCCC2(C)C)c1. The minimum Gasteiger partial charge on any atom is -0.497 e. The Kier molecular flexibility index (Phi) is 7.64. The monoisotopic (exact) mass is 508 g/mol. The van der Waals surface area contributed by atoms with Crippen molar-refractivity contribution in [2.24, 2.45) is 5.41 Å². The predicted octanol–water partition coefficient (Wildman–Crippen LogP) is 6.93. The molecule has 0 aliphatic heterocycles. The number of methoxy groups -OCH3 is 1. The molecule has 0 saturated carbocycles. The Balaban J connectivity index is 1.69. The maximum Gasteiger partial charge on any atom is 0.306 e. The molecule has 0 saturated heterocycles. The highest BCUT2D eigenvalue weighted by Crippen LogP contribution is 2.47. The van der Waals surface area contributed by atoms with Crippen LogP contribution in [0.1, 0.15) is 55.9 Å². The fraction of sp³-hybridized carbons (Fsp3) is 0.300. The molecule has 5 nitrogen and oxygen atoms in total. The molecule has 7 heteroatoms. The maximum absolute atomic E-state index is 15.0. The molecule has 1 aliphatic rings. The van der Waals surface area contributed by atoms with Crippen LogP contribution in [0, 0.1) is 17.0 Å². The number of halogens is 2. The van der Waals surface area contributed by atoms with E-state index in [0.29, 0.717) is 11.3 Å². The van der Waals surface area contributed by atoms with E-state index in [1.807, 2.05) is 12.1 Å². The second-order valence-electron chi connectivity index (χ2n) is 9.83. The number of allylic oxidation sites excluding steroid dienone is 2. The predicted molar refractivity (Wildman–Crippen MR) is 137 cm³/mol. The summed E-state index contributed by atoms with van der Waals surface area (Å²) >= 11 is 0. The molecule has 0 bridgehead atoms. The molecule has 37 heavy (non-hydrogen) atoms. The van der Waals surface area contributed by atoms with Gasteiger partial charge in [0.05, 0.1) is 19.6 Å². The Morgan fingerprint density at radius 3 is 2.51 bits per heavy atom. The van der Waals surface area contributed by atoms with E-state index in [1.54, 1.807) is 18.2 Å². The Bertz CT molecular complexity index is 1350. The summed E-state index contributed by atoms with van der Waals surface area (Å²) in [6, 6.07) is 14.5. The molecule has 194 valence electrons. The second kappa shape index (κ2) is 10.7. The molecule has 0 fully saturated rings. The smallest absolute Gasteiger partial charge is 0.306 e. The van der Waals surface area contributed by atoms with E-state index in [9.17, 15) is 18.7 Å². The number of carboxylic acids is 1. The Morgan fingerprint density at radius 2 is 1.84 bits per heavy atom. The van der Waals surface area contributed by atoms with Gasteiger partial charge in [-0.3, -0.25) is 4.79 Å². The van der Waals surface area contributed by atoms with Gasteiger partial charge < -0.3 is 19.7 Å². The summed E-state index contributed by atoms with van der Waals surface area (Å²) in [6.45, 7) is 4.34. The van der Waals surface area contributed by atoms with Gasteiger partial charge in [0.1, 0.15) is 18.2 Å². The summed E-state index contributed by atoms with van der Waals surface area (Å²) in [5.41, 5.74) is 3.65. The first kappa shape index (κ1) is 26.4. The minimum atomic E-state index is -1.48. The lowest BCUT2D eigenvalue weighted by Gasteiger charge is -2.25. The van der Waals surface area contributed by atoms with E-state index in [-0.39, 0.29) is 29.2 Å². The van der Waals surface area contributed by atoms with Gasteiger partial charge in [0.25, 0.3) is 0 Å². The van der Waals surface area contributed by atoms with Crippen LogP contribution in [0.3, 0.4) is 0 Å². The highest BCUT2D eigenvalue weighted by molar-refractivity contribution is 5.85. The standard InChI is InChI=1S/C30H30F2O5/c1-30(2)13-5-7-24(30)22-14-18(9-11-20(22)23-15-19(36-3)10-12-25(23)31)17-37-27-8-4-6-21(29(27)32)26(33)16-28(34)35/h4,6-12,14-15,26,33H,5,13,16-17H2,1-3H3,(H,34,35)/t26-/m1/s1. The second-order valence-corrected chi connectivity index (χ2v) is 9.83. The van der Waals surface area contributed by atoms with E-state index < -0.39 is 24.3 Å². The average molecular weight is 509 g/mol. The van der Waals surface area contributed by atoms with Gasteiger partial charge in [0.15, 0.2) is 11.6 Å². The van der Waals surface area contributed by atoms with Gasteiger partial charge in [0, 0.05) is 11.1 Å². The number of aliphatic hydroxyl groups is 1. The van der Waals surface area contributed by atoms with Crippen molar-refractivity contribution in [3.05, 3.63) is 89.0 Å². The third-order valence-electron chi connectivity index (χ3n) is 6.80. The molecule has 3 aromatic rings. The lowest BCUT2D eigenvalue weighted by atomic mass is 9.79. The number of hydrogen-bond donors (Lipinski definition) is 2. The molecule has 4 rings (SSSR count). The number of hydrogen-bond acceptors (Lipinski definition) is 4. The van der Waals surface area contributed by atoms with E-state index in [1.165, 1.54) is 31.4 Å². The first-order chi connectivity index (χ1) is 17.6. The first-order valence-corrected chi connectivity index (χ1v) is 12.1. The normalized spacial score (nSPS) is 15.2. The van der Waals surface area contributed by atoms with Crippen molar-refractivity contribution in [2.45, 2.75) is 45.8 Å². The molecule has 1 aliphatic carbocycles. The van der Waals surface area contributed by atoms with Crippen LogP contribution >= 0.6 is 0 Å². The van der Waals surface area contributed by atoms with Crippen LogP contribution in [0.15, 0.2) is 60.7 Å². The molecule has 0 heterocycles. The number of ether oxygens (including phenoxy) is 2. The highest BCUT2D eigenvalue weighted by atomic mass is 19.1. The summed E-state index contributed by atoms with van der Waals surface area (Å²) in [7, 11) is 1.54. The maximum atomic E-state index is 15.0. The van der Waals surface area contributed by atoms with Crippen molar-refractivity contribution in [1.29, 1.82) is 0 Å². The molecule has 0 spiro atoms. The van der Waals surface area contributed by atoms with E-state index in [0.717, 1.165) is 35.1 Å². The number of rotatable bonds is 9. The lowest BCUT2D eigenvalue weighted by molar-refractivity contribution is -0.139. The third-order valence-corrected chi connectivity index (χ3v) is 6.80. The van der Waals surface area contributed by atoms with E-state index in [4.69, 9.17) is 14.6 Å². The molecule has 0 unspecified atom stereocenters. The van der Waals surface area contributed by atoms with Crippen LogP contribution < -0.4 is 9.47 Å². The number of aliphatic hydroxyl groups excluding tert-OH is 1. The summed E-state index contributed by atoms with van der Waals surface area (Å²) < 4.78 is 41.0. The molecule has 1 atom stereocenters. The van der Waals surface area contributed by atoms with Crippen molar-refractivity contribution < 1.29 is 33.3 Å². The van der Waals surface area contributed by atoms with Crippen molar-refractivity contribution in [3.63, 3.8) is 0 Å². The van der Waals surface area contributed by atoms with Crippen molar-refractivity contribution in [1.82, 2.24) is 0 Å². The van der Waals surface area contributed by atoms with Crippen LogP contribution in [0.4, 0.5) is 8.78 Å². The van der Waals surface area contributed by atoms with E-state index >= 15 is 0 Å². The number of benzene rings is 3. The van der Waals surface area contributed by atoms with Gasteiger partial charge in [-0.15, -0.1) is 0 Å². The molecule has 0 radical (unpaired) electrons. The van der Waals surface area contributed by atoms with Crippen LogP contribution in [0.5, 0.6) is 11.5 Å². The van der Waals surface area contributed by atoms with Gasteiger partial charge in [-0.2, -0.15) is 0 Å². The minimum absolute atomic E-state index is 0.0248. The Morgan fingerprint density at radius 1 is 1.05 bits per heavy atom. The van der Waals surface area contributed by atoms with Crippen LogP contribution in [0.25, 0.3) is 16.7 Å². The van der Waals surface area contributed by atoms with Crippen molar-refractivity contribution in [3.8, 4) is 22.6 Å². The molecule has 2 N–H and O–H groups in total. The summed E-state index contributed by atoms with van der Waals surface area (Å²) in [6.07, 6.45) is 1.96. The first-order valence-electron chi connectivity index (χ1n) is 12.1. The number of aliphatic carboxylic acids is 1. The number of carboxylic acid groups (broad SMARTS) is 1. The van der Waals surface area contributed by atoms with Gasteiger partial charge in [0.2, 0.25) is 0 Å². The molecular formula is C30H30F2O5. The fourth-order valence-corrected chi connectivity index (χ4v) is 4.77. The van der Waals surface area contributed by atoms with Crippen molar-refractivity contribution in [2.75, 3.05) is 7.11 Å². The summed E-state index contributed by atoms with van der Waals surface area (Å²) in [5, 5.41) is 19.0. The van der Waals surface area contributed by atoms with E-state index in [2.05, 4.69) is 19.9 Å². The van der Waals surface area contributed by atoms with Crippen LogP contribution in [-0.4, -0.2) is 23.3 Å². The van der Waals surface area contributed by atoms with Gasteiger partial charge >= 0.3 is 5.97 Å². The van der Waals surface area contributed by atoms with Gasteiger partial charge in [-0.1, -0.05) is 44.2 Å². The third kappa shape index (κ3) is 5.67. The molecule has 0 aromatic heterocycles. The summed E-state index contributed by atoms with van der Waals surface area (Å²) in [5.74, 6) is -1.93. The quantitative estimate of drug-likeness (QED) is 0.328. The average Bonchev–Trinajstić information content (AvgIpc) is 3.22. The van der Waals surface area contributed by atoms with Crippen LogP contribution in [0.2, 0.25) is 0 Å². The van der Waals surface area contributed by atoms with Gasteiger partial charge in [-0.25, -0.2) is 8.78 Å². The number of carbonyl (C=O) groups is 1. The topological polar surface area (TPSA) is 76.0 Å². The zero-order valence-corrected chi connectivity index (χ0v) is 21.1. The Hall–Kier alpha value is -3.71. The zero-order valence-electron chi connectivity index (χ0n) is 21.1. The van der Waals surface area contributed by atoms with Gasteiger partial charge in [-0.05, 0) is 70.9 Å². The fourth-order valence-electron chi connectivity index (χ4n) is 4.77. The molecule has 3 aromatic carbocycles. The zero-order chi connectivity index (χ0) is 26.7. The van der Waals surface area contributed by atoms with Crippen molar-refractivity contribution >= 4 is 11.5 Å². The molecule has 0 amide bonds. The summed E-state index contributed by atoms with van der Waals surface area (Å²) in [4.78, 5) is 10.9. The largest absolute Gasteiger partial charge is 0.497 e. The van der Waals surface area contributed by atoms with Crippen LogP contribution in [-0.2, 0) is 11.4 Å². The highest BCUT2D eigenvalue weighted by Gasteiger charge is 2.30. The lowest BCUT2D eigenvalue weighted by Crippen LogP contribution is -2.11.